The molecule has 0 amide bonds. The fraction of sp³-hybridized carbons (Fsp3) is 0.286. The van der Waals surface area contributed by atoms with E-state index in [0.29, 0.717) is 6.08 Å². The summed E-state index contributed by atoms with van der Waals surface area (Å²) in [6.07, 6.45) is -2.21. The zero-order chi connectivity index (χ0) is 9.35. The molecule has 0 saturated carbocycles. The quantitative estimate of drug-likeness (QED) is 0.519. The maximum absolute atomic E-state index is 11.9. The van der Waals surface area contributed by atoms with Crippen molar-refractivity contribution in [1.29, 1.82) is 0 Å². The molecule has 2 nitrogen and oxygen atoms in total. The minimum Gasteiger partial charge on any atom is -0.290 e. The van der Waals surface area contributed by atoms with E-state index in [4.69, 9.17) is 0 Å². The molecule has 1 aliphatic carbocycles. The molecule has 0 bridgehead atoms. The summed E-state index contributed by atoms with van der Waals surface area (Å²) in [5.74, 6) is -4.76. The number of carbonyl (C=O) groups is 2. The molecule has 0 aromatic rings. The second kappa shape index (κ2) is 2.73. The lowest BCUT2D eigenvalue weighted by Crippen LogP contribution is -2.36. The number of halogens is 3. The highest BCUT2D eigenvalue weighted by atomic mass is 19.4. The van der Waals surface area contributed by atoms with Crippen LogP contribution in [-0.4, -0.2) is 17.7 Å². The third-order valence-electron chi connectivity index (χ3n) is 1.43. The molecule has 0 aromatic carbocycles. The van der Waals surface area contributed by atoms with Gasteiger partial charge in [-0.2, -0.15) is 13.2 Å². The second-order valence-corrected chi connectivity index (χ2v) is 2.30. The molecule has 65 valence electrons. The molecule has 1 radical (unpaired) electrons. The van der Waals surface area contributed by atoms with Crippen molar-refractivity contribution in [2.24, 2.45) is 5.92 Å². The molecule has 1 unspecified atom stereocenters. The molecule has 5 heteroatoms. The maximum Gasteiger partial charge on any atom is 0.402 e. The summed E-state index contributed by atoms with van der Waals surface area (Å²) in [4.78, 5) is 21.1. The number of alkyl halides is 3. The summed E-state index contributed by atoms with van der Waals surface area (Å²) < 4.78 is 35.8. The summed E-state index contributed by atoms with van der Waals surface area (Å²) in [6, 6.07) is 0. The van der Waals surface area contributed by atoms with Gasteiger partial charge in [0.25, 0.3) is 0 Å². The monoisotopic (exact) mass is 177 g/mol. The summed E-state index contributed by atoms with van der Waals surface area (Å²) in [5, 5.41) is 0. The Hall–Kier alpha value is -1.13. The number of hydrogen-bond donors (Lipinski definition) is 0. The van der Waals surface area contributed by atoms with Crippen LogP contribution in [0.2, 0.25) is 0 Å². The topological polar surface area (TPSA) is 34.1 Å². The molecular weight excluding hydrogens is 173 g/mol. The number of Topliss-reactive ketones (excluding diaryl/α,β-unsaturated/α-hetero) is 2. The Morgan fingerprint density at radius 2 is 1.83 bits per heavy atom. The first-order chi connectivity index (χ1) is 5.43. The average Bonchev–Trinajstić information content (AvgIpc) is 1.92. The van der Waals surface area contributed by atoms with Gasteiger partial charge in [-0.3, -0.25) is 9.59 Å². The first-order valence-corrected chi connectivity index (χ1v) is 3.09. The van der Waals surface area contributed by atoms with Gasteiger partial charge in [-0.05, 0) is 0 Å². The molecule has 1 atom stereocenters. The number of hydrogen-bond acceptors (Lipinski definition) is 2. The van der Waals surface area contributed by atoms with Crippen LogP contribution in [0, 0.1) is 12.3 Å². The van der Waals surface area contributed by atoms with Gasteiger partial charge in [0.05, 0.1) is 6.42 Å². The second-order valence-electron chi connectivity index (χ2n) is 2.30. The Balaban J connectivity index is 2.92. The predicted molar refractivity (Wildman–Crippen MR) is 33.0 cm³/mol. The van der Waals surface area contributed by atoms with E-state index in [1.807, 2.05) is 0 Å². The van der Waals surface area contributed by atoms with Crippen LogP contribution in [0.3, 0.4) is 0 Å². The van der Waals surface area contributed by atoms with E-state index in [-0.39, 0.29) is 0 Å². The Morgan fingerprint density at radius 3 is 2.25 bits per heavy atom. The highest BCUT2D eigenvalue weighted by Crippen LogP contribution is 2.30. The van der Waals surface area contributed by atoms with E-state index in [0.717, 1.165) is 12.5 Å². The smallest absolute Gasteiger partial charge is 0.290 e. The zero-order valence-corrected chi connectivity index (χ0v) is 5.76. The van der Waals surface area contributed by atoms with E-state index in [1.54, 1.807) is 0 Å². The van der Waals surface area contributed by atoms with Gasteiger partial charge >= 0.3 is 6.18 Å². The molecule has 0 aliphatic heterocycles. The number of carbonyl (C=O) groups excluding carboxylic acids is 2. The molecule has 1 rings (SSSR count). The van der Waals surface area contributed by atoms with Crippen LogP contribution in [0.15, 0.2) is 12.2 Å². The van der Waals surface area contributed by atoms with Crippen LogP contribution in [0.1, 0.15) is 0 Å². The summed E-state index contributed by atoms with van der Waals surface area (Å²) in [7, 11) is 0. The van der Waals surface area contributed by atoms with Gasteiger partial charge in [0.2, 0.25) is 11.6 Å². The first-order valence-electron chi connectivity index (χ1n) is 3.09. The van der Waals surface area contributed by atoms with Gasteiger partial charge in [-0.15, -0.1) is 0 Å². The van der Waals surface area contributed by atoms with E-state index < -0.39 is 23.7 Å². The lowest BCUT2D eigenvalue weighted by Gasteiger charge is -2.16. The molecule has 1 aliphatic rings. The predicted octanol–water partition coefficient (Wildman–Crippen LogP) is 1.08. The van der Waals surface area contributed by atoms with Crippen molar-refractivity contribution >= 4 is 11.6 Å². The molecule has 0 fully saturated rings. The summed E-state index contributed by atoms with van der Waals surface area (Å²) >= 11 is 0. The molecule has 0 N–H and O–H groups in total. The molecular formula is C7H4F3O2. The zero-order valence-electron chi connectivity index (χ0n) is 5.76. The van der Waals surface area contributed by atoms with Crippen molar-refractivity contribution in [3.8, 4) is 0 Å². The summed E-state index contributed by atoms with van der Waals surface area (Å²) in [5.41, 5.74) is 0. The lowest BCUT2D eigenvalue weighted by molar-refractivity contribution is -0.173. The lowest BCUT2D eigenvalue weighted by atomic mass is 9.93. The van der Waals surface area contributed by atoms with Crippen LogP contribution in [0.4, 0.5) is 13.2 Å². The Labute approximate surface area is 66.1 Å². The number of allylic oxidation sites excluding steroid dienone is 2. The van der Waals surface area contributed by atoms with E-state index >= 15 is 0 Å². The van der Waals surface area contributed by atoms with E-state index in [1.165, 1.54) is 0 Å². The highest BCUT2D eigenvalue weighted by molar-refractivity contribution is 6.43. The fourth-order valence-electron chi connectivity index (χ4n) is 0.835. The van der Waals surface area contributed by atoms with Crippen molar-refractivity contribution in [1.82, 2.24) is 0 Å². The van der Waals surface area contributed by atoms with Gasteiger partial charge in [0.15, 0.2) is 0 Å². The van der Waals surface area contributed by atoms with Crippen LogP contribution in [0.5, 0.6) is 0 Å². The van der Waals surface area contributed by atoms with Crippen LogP contribution < -0.4 is 0 Å². The first kappa shape index (κ1) is 8.96. The van der Waals surface area contributed by atoms with Crippen LogP contribution in [0.25, 0.3) is 0 Å². The minimum atomic E-state index is -4.66. The van der Waals surface area contributed by atoms with Crippen molar-refractivity contribution in [2.45, 2.75) is 6.18 Å². The van der Waals surface area contributed by atoms with Gasteiger partial charge < -0.3 is 0 Å². The van der Waals surface area contributed by atoms with Gasteiger partial charge in [-0.25, -0.2) is 0 Å². The van der Waals surface area contributed by atoms with Crippen molar-refractivity contribution in [2.75, 3.05) is 0 Å². The van der Waals surface area contributed by atoms with Gasteiger partial charge in [-0.1, -0.05) is 12.2 Å². The van der Waals surface area contributed by atoms with Gasteiger partial charge in [0, 0.05) is 0 Å². The third-order valence-corrected chi connectivity index (χ3v) is 1.43. The summed E-state index contributed by atoms with van der Waals surface area (Å²) in [6.45, 7) is 0. The van der Waals surface area contributed by atoms with Crippen molar-refractivity contribution in [3.05, 3.63) is 18.6 Å². The van der Waals surface area contributed by atoms with E-state index in [9.17, 15) is 22.8 Å². The van der Waals surface area contributed by atoms with E-state index in [2.05, 4.69) is 0 Å². The SMILES string of the molecule is O=C1[CH]C=CC(C(F)(F)F)C1=O. The Kier molecular flexibility index (Phi) is 2.04. The Morgan fingerprint density at radius 1 is 1.25 bits per heavy atom. The van der Waals surface area contributed by atoms with Crippen molar-refractivity contribution < 1.29 is 22.8 Å². The molecule has 0 saturated heterocycles. The van der Waals surface area contributed by atoms with Crippen molar-refractivity contribution in [3.63, 3.8) is 0 Å². The van der Waals surface area contributed by atoms with Crippen LogP contribution in [-0.2, 0) is 9.59 Å². The normalized spacial score (nSPS) is 24.8. The number of rotatable bonds is 0. The molecule has 0 aromatic heterocycles. The number of ketones is 2. The molecule has 12 heavy (non-hydrogen) atoms. The third kappa shape index (κ3) is 1.54. The highest BCUT2D eigenvalue weighted by Gasteiger charge is 2.46. The Bertz CT molecular complexity index is 252. The van der Waals surface area contributed by atoms with Gasteiger partial charge in [0.1, 0.15) is 5.92 Å². The minimum absolute atomic E-state index is 0.670. The van der Waals surface area contributed by atoms with Crippen LogP contribution >= 0.6 is 0 Å². The fourth-order valence-corrected chi connectivity index (χ4v) is 0.835. The largest absolute Gasteiger partial charge is 0.402 e. The molecule has 0 heterocycles. The average molecular weight is 177 g/mol. The maximum atomic E-state index is 11.9. The molecule has 0 spiro atoms. The standard InChI is InChI=1S/C7H4F3O2/c8-7(9,10)4-2-1-3-5(11)6(4)12/h1-4H.